The molecule has 1 atom stereocenters. The van der Waals surface area contributed by atoms with Crippen LogP contribution in [0.2, 0.25) is 0 Å². The summed E-state index contributed by atoms with van der Waals surface area (Å²) in [6.45, 7) is 2.15. The zero-order chi connectivity index (χ0) is 13.2. The normalized spacial score (nSPS) is 12.9. The molecule has 0 bridgehead atoms. The highest BCUT2D eigenvalue weighted by molar-refractivity contribution is 7.18. The summed E-state index contributed by atoms with van der Waals surface area (Å²) in [5, 5.41) is 4.60. The van der Waals surface area contributed by atoms with Crippen molar-refractivity contribution >= 4 is 32.9 Å². The Morgan fingerprint density at radius 3 is 2.68 bits per heavy atom. The number of likely N-dealkylation sites (N-methyl/N-ethyl adjacent to an activating group) is 1. The van der Waals surface area contributed by atoms with Gasteiger partial charge in [0.05, 0.1) is 15.2 Å². The van der Waals surface area contributed by atoms with Gasteiger partial charge >= 0.3 is 0 Å². The lowest BCUT2D eigenvalue weighted by Crippen LogP contribution is -2.17. The van der Waals surface area contributed by atoms with Gasteiger partial charge in [0.25, 0.3) is 0 Å². The topological polar surface area (TPSA) is 24.9 Å². The van der Waals surface area contributed by atoms with Crippen molar-refractivity contribution in [2.24, 2.45) is 0 Å². The Morgan fingerprint density at radius 1 is 1.16 bits per heavy atom. The maximum atomic E-state index is 4.72. The first-order valence-corrected chi connectivity index (χ1v) is 7.97. The van der Waals surface area contributed by atoms with Crippen molar-refractivity contribution in [3.8, 4) is 0 Å². The highest BCUT2D eigenvalue weighted by atomic mass is 32.1. The number of hydrogen-bond acceptors (Lipinski definition) is 4. The van der Waals surface area contributed by atoms with Gasteiger partial charge in [-0.05, 0) is 38.2 Å². The molecule has 98 valence electrons. The maximum absolute atomic E-state index is 4.72. The molecule has 0 fully saturated rings. The third kappa shape index (κ3) is 2.71. The van der Waals surface area contributed by atoms with Crippen LogP contribution in [0.3, 0.4) is 0 Å². The molecule has 2 nitrogen and oxygen atoms in total. The molecular weight excluding hydrogens is 272 g/mol. The first-order valence-electron chi connectivity index (χ1n) is 6.34. The Labute approximate surface area is 121 Å². The first-order chi connectivity index (χ1) is 9.26. The van der Waals surface area contributed by atoms with Gasteiger partial charge in [-0.25, -0.2) is 4.98 Å². The van der Waals surface area contributed by atoms with Crippen LogP contribution < -0.4 is 5.32 Å². The summed E-state index contributed by atoms with van der Waals surface area (Å²) in [6.07, 6.45) is 0.954. The molecule has 0 amide bonds. The van der Waals surface area contributed by atoms with Gasteiger partial charge in [-0.3, -0.25) is 0 Å². The minimum Gasteiger partial charge on any atom is -0.312 e. The van der Waals surface area contributed by atoms with Crippen molar-refractivity contribution in [1.29, 1.82) is 0 Å². The van der Waals surface area contributed by atoms with Crippen LogP contribution in [0.15, 0.2) is 36.4 Å². The predicted molar refractivity (Wildman–Crippen MR) is 84.2 cm³/mol. The van der Waals surface area contributed by atoms with Crippen molar-refractivity contribution < 1.29 is 0 Å². The van der Waals surface area contributed by atoms with Gasteiger partial charge in [-0.15, -0.1) is 22.7 Å². The number of para-hydroxylation sites is 1. The van der Waals surface area contributed by atoms with Crippen LogP contribution in [0.1, 0.15) is 20.8 Å². The summed E-state index contributed by atoms with van der Waals surface area (Å²) in [7, 11) is 2.02. The molecule has 0 radical (unpaired) electrons. The van der Waals surface area contributed by atoms with Gasteiger partial charge in [-0.2, -0.15) is 0 Å². The third-order valence-electron chi connectivity index (χ3n) is 3.17. The predicted octanol–water partition coefficient (Wildman–Crippen LogP) is 4.17. The van der Waals surface area contributed by atoms with E-state index in [1.54, 1.807) is 11.3 Å². The number of rotatable bonds is 4. The number of nitrogens with zero attached hydrogens (tertiary/aromatic N) is 1. The molecule has 1 aromatic carbocycles. The van der Waals surface area contributed by atoms with Crippen LogP contribution >= 0.6 is 22.7 Å². The molecule has 0 aliphatic carbocycles. The smallest absolute Gasteiger partial charge is 0.0957 e. The summed E-state index contributed by atoms with van der Waals surface area (Å²) in [4.78, 5) is 7.46. The lowest BCUT2D eigenvalue weighted by molar-refractivity contribution is 0.601. The van der Waals surface area contributed by atoms with Crippen LogP contribution in [0.5, 0.6) is 0 Å². The van der Waals surface area contributed by atoms with Crippen molar-refractivity contribution in [3.63, 3.8) is 0 Å². The first kappa shape index (κ1) is 12.8. The lowest BCUT2D eigenvalue weighted by atomic mass is 10.2. The third-order valence-corrected chi connectivity index (χ3v) is 5.34. The van der Waals surface area contributed by atoms with Crippen LogP contribution in [0.4, 0.5) is 0 Å². The van der Waals surface area contributed by atoms with E-state index in [1.807, 2.05) is 24.5 Å². The minimum atomic E-state index is 0.360. The number of nitrogens with one attached hydrogen (secondary N) is 1. The molecular formula is C15H16N2S2. The zero-order valence-corrected chi connectivity index (χ0v) is 12.6. The van der Waals surface area contributed by atoms with E-state index in [0.29, 0.717) is 6.04 Å². The molecule has 0 spiro atoms. The summed E-state index contributed by atoms with van der Waals surface area (Å²) >= 11 is 3.66. The van der Waals surface area contributed by atoms with Crippen molar-refractivity contribution in [3.05, 3.63) is 51.2 Å². The molecule has 2 heterocycles. The highest BCUT2D eigenvalue weighted by Gasteiger charge is 2.14. The fourth-order valence-corrected chi connectivity index (χ4v) is 4.17. The van der Waals surface area contributed by atoms with Crippen LogP contribution in [0.25, 0.3) is 10.2 Å². The summed E-state index contributed by atoms with van der Waals surface area (Å²) in [5.74, 6) is 0. The summed E-state index contributed by atoms with van der Waals surface area (Å²) in [6, 6.07) is 13.1. The maximum Gasteiger partial charge on any atom is 0.0957 e. The van der Waals surface area contributed by atoms with Gasteiger partial charge in [0, 0.05) is 22.2 Å². The number of aryl methyl sites for hydroxylation is 1. The molecule has 4 heteroatoms. The van der Waals surface area contributed by atoms with Gasteiger partial charge in [0.2, 0.25) is 0 Å². The fourth-order valence-electron chi connectivity index (χ4n) is 2.17. The molecule has 2 aromatic heterocycles. The van der Waals surface area contributed by atoms with Crippen molar-refractivity contribution in [2.45, 2.75) is 19.4 Å². The monoisotopic (exact) mass is 288 g/mol. The Morgan fingerprint density at radius 2 is 2.00 bits per heavy atom. The Bertz CT molecular complexity index is 651. The molecule has 0 saturated carbocycles. The summed E-state index contributed by atoms with van der Waals surface area (Å²) < 4.78 is 1.27. The SMILES string of the molecule is CNC(Cc1nc2ccccc2s1)c1ccc(C)s1. The molecule has 0 aliphatic rings. The Hall–Kier alpha value is -1.23. The second-order valence-electron chi connectivity index (χ2n) is 4.57. The highest BCUT2D eigenvalue weighted by Crippen LogP contribution is 2.29. The van der Waals surface area contributed by atoms with E-state index in [2.05, 4.69) is 42.6 Å². The largest absolute Gasteiger partial charge is 0.312 e. The van der Waals surface area contributed by atoms with Crippen LogP contribution in [0, 0.1) is 6.92 Å². The number of aromatic nitrogens is 1. The van der Waals surface area contributed by atoms with Gasteiger partial charge in [0.15, 0.2) is 0 Å². The molecule has 3 rings (SSSR count). The van der Waals surface area contributed by atoms with Gasteiger partial charge in [-0.1, -0.05) is 12.1 Å². The van der Waals surface area contributed by atoms with Crippen LogP contribution in [-0.2, 0) is 6.42 Å². The minimum absolute atomic E-state index is 0.360. The molecule has 3 aromatic rings. The van der Waals surface area contributed by atoms with Gasteiger partial charge < -0.3 is 5.32 Å². The molecule has 19 heavy (non-hydrogen) atoms. The lowest BCUT2D eigenvalue weighted by Gasteiger charge is -2.12. The zero-order valence-electron chi connectivity index (χ0n) is 11.0. The van der Waals surface area contributed by atoms with E-state index in [-0.39, 0.29) is 0 Å². The average molecular weight is 288 g/mol. The van der Waals surface area contributed by atoms with E-state index < -0.39 is 0 Å². The quantitative estimate of drug-likeness (QED) is 0.779. The van der Waals surface area contributed by atoms with Crippen molar-refractivity contribution in [2.75, 3.05) is 7.05 Å². The second-order valence-corrected chi connectivity index (χ2v) is 7.00. The average Bonchev–Trinajstić information content (AvgIpc) is 3.01. The number of hydrogen-bond donors (Lipinski definition) is 1. The van der Waals surface area contributed by atoms with E-state index in [1.165, 1.54) is 19.5 Å². The standard InChI is InChI=1S/C15H16N2S2/c1-10-7-8-14(18-10)12(16-2)9-15-17-11-5-3-4-6-13(11)19-15/h3-8,12,16H,9H2,1-2H3. The number of thiazole rings is 1. The Balaban J connectivity index is 1.86. The van der Waals surface area contributed by atoms with Crippen LogP contribution in [-0.4, -0.2) is 12.0 Å². The molecule has 1 unspecified atom stereocenters. The summed E-state index contributed by atoms with van der Waals surface area (Å²) in [5.41, 5.74) is 1.11. The van der Waals surface area contributed by atoms with Crippen molar-refractivity contribution in [1.82, 2.24) is 10.3 Å². The number of fused-ring (bicyclic) bond motifs is 1. The van der Waals surface area contributed by atoms with E-state index in [0.717, 1.165) is 11.9 Å². The Kier molecular flexibility index (Phi) is 3.64. The molecule has 0 aliphatic heterocycles. The fraction of sp³-hybridized carbons (Fsp3) is 0.267. The number of benzene rings is 1. The number of thiophene rings is 1. The van der Waals surface area contributed by atoms with E-state index >= 15 is 0 Å². The van der Waals surface area contributed by atoms with E-state index in [9.17, 15) is 0 Å². The second kappa shape index (κ2) is 5.41. The van der Waals surface area contributed by atoms with Gasteiger partial charge in [0.1, 0.15) is 0 Å². The molecule has 0 saturated heterocycles. The van der Waals surface area contributed by atoms with E-state index in [4.69, 9.17) is 4.98 Å². The molecule has 1 N–H and O–H groups in total.